The fraction of sp³-hybridized carbons (Fsp3) is 0.0714. The van der Waals surface area contributed by atoms with Gasteiger partial charge in [0.15, 0.2) is 5.75 Å². The van der Waals surface area contributed by atoms with Crippen LogP contribution < -0.4 is 9.64 Å². The minimum atomic E-state index is -0.669. The molecule has 1 aliphatic heterocycles. The summed E-state index contributed by atoms with van der Waals surface area (Å²) in [5.74, 6) is 1.69. The van der Waals surface area contributed by atoms with Crippen LogP contribution in [0.1, 0.15) is 47.2 Å². The topological polar surface area (TPSA) is 25.6 Å². The Labute approximate surface area is 343 Å². The molecule has 0 radical (unpaired) electrons. The maximum Gasteiger partial charge on any atom is 0.156 e. The number of furan rings is 1. The van der Waals surface area contributed by atoms with E-state index >= 15 is 0 Å². The van der Waals surface area contributed by atoms with Gasteiger partial charge in [-0.05, 0) is 86.6 Å². The van der Waals surface area contributed by atoms with Crippen molar-refractivity contribution in [3.05, 3.63) is 234 Å². The molecule has 1 unspecified atom stereocenters. The number of nitrogens with zero attached hydrogens (tertiary/aromatic N) is 1. The summed E-state index contributed by atoms with van der Waals surface area (Å²) in [7, 11) is 0. The highest BCUT2D eigenvalue weighted by atomic mass is 16.5. The second-order valence-electron chi connectivity index (χ2n) is 16.4. The fourth-order valence-electron chi connectivity index (χ4n) is 10.4. The number of anilines is 3. The molecular weight excluding hydrogens is 719 g/mol. The van der Waals surface area contributed by atoms with Gasteiger partial charge in [-0.15, -0.1) is 0 Å². The van der Waals surface area contributed by atoms with Gasteiger partial charge in [0, 0.05) is 39.1 Å². The molecule has 9 aromatic carbocycles. The predicted molar refractivity (Wildman–Crippen MR) is 242 cm³/mol. The third kappa shape index (κ3) is 4.76. The van der Waals surface area contributed by atoms with Gasteiger partial charge in [0.2, 0.25) is 0 Å². The Morgan fingerprint density at radius 1 is 0.424 bits per heavy atom. The quantitative estimate of drug-likeness (QED) is 0.179. The molecule has 2 aliphatic rings. The van der Waals surface area contributed by atoms with Crippen molar-refractivity contribution in [2.45, 2.75) is 24.7 Å². The molecule has 0 bridgehead atoms. The number of hydrogen-bond acceptors (Lipinski definition) is 3. The number of para-hydroxylation sites is 3. The lowest BCUT2D eigenvalue weighted by Gasteiger charge is -2.50. The molecule has 3 heteroatoms. The van der Waals surface area contributed by atoms with E-state index in [1.54, 1.807) is 0 Å². The number of benzene rings is 9. The Balaban J connectivity index is 1.16. The van der Waals surface area contributed by atoms with E-state index in [2.05, 4.69) is 207 Å². The highest BCUT2D eigenvalue weighted by molar-refractivity contribution is 6.06. The molecule has 0 saturated heterocycles. The second kappa shape index (κ2) is 12.6. The highest BCUT2D eigenvalue weighted by Crippen LogP contribution is 2.64. The van der Waals surface area contributed by atoms with E-state index in [1.165, 1.54) is 38.6 Å². The maximum absolute atomic E-state index is 7.29. The third-order valence-electron chi connectivity index (χ3n) is 13.0. The van der Waals surface area contributed by atoms with E-state index < -0.39 is 5.41 Å². The van der Waals surface area contributed by atoms with Crippen LogP contribution in [0.15, 0.2) is 205 Å². The monoisotopic (exact) mass is 757 g/mol. The van der Waals surface area contributed by atoms with Crippen molar-refractivity contribution in [1.29, 1.82) is 0 Å². The zero-order valence-electron chi connectivity index (χ0n) is 32.8. The minimum Gasteiger partial charge on any atom is -0.456 e. The zero-order valence-corrected chi connectivity index (χ0v) is 32.8. The summed E-state index contributed by atoms with van der Waals surface area (Å²) in [5.41, 5.74) is 13.6. The van der Waals surface area contributed by atoms with Crippen LogP contribution in [0.25, 0.3) is 43.8 Å². The lowest BCUT2D eigenvalue weighted by Crippen LogP contribution is -2.43. The molecule has 1 aliphatic carbocycles. The molecule has 0 fully saturated rings. The van der Waals surface area contributed by atoms with Crippen molar-refractivity contribution in [3.8, 4) is 22.6 Å². The normalized spacial score (nSPS) is 16.0. The van der Waals surface area contributed by atoms with E-state index in [0.29, 0.717) is 0 Å². The molecule has 12 rings (SSSR count). The van der Waals surface area contributed by atoms with Crippen molar-refractivity contribution < 1.29 is 9.15 Å². The van der Waals surface area contributed by atoms with Crippen molar-refractivity contribution >= 4 is 49.8 Å². The van der Waals surface area contributed by atoms with Crippen LogP contribution in [-0.4, -0.2) is 0 Å². The van der Waals surface area contributed by atoms with E-state index in [0.717, 1.165) is 67.2 Å². The molecule has 280 valence electrons. The van der Waals surface area contributed by atoms with Crippen molar-refractivity contribution in [1.82, 2.24) is 0 Å². The summed E-state index contributed by atoms with van der Waals surface area (Å²) >= 11 is 0. The van der Waals surface area contributed by atoms with Gasteiger partial charge in [-0.3, -0.25) is 0 Å². The van der Waals surface area contributed by atoms with Crippen LogP contribution >= 0.6 is 0 Å². The highest BCUT2D eigenvalue weighted by Gasteiger charge is 2.54. The summed E-state index contributed by atoms with van der Waals surface area (Å²) < 4.78 is 13.8. The first-order chi connectivity index (χ1) is 29.0. The first-order valence-electron chi connectivity index (χ1n) is 20.4. The van der Waals surface area contributed by atoms with Gasteiger partial charge < -0.3 is 14.1 Å². The van der Waals surface area contributed by atoms with Gasteiger partial charge in [0.05, 0.1) is 16.8 Å². The van der Waals surface area contributed by atoms with Gasteiger partial charge in [0.25, 0.3) is 0 Å². The summed E-state index contributed by atoms with van der Waals surface area (Å²) in [4.78, 5) is 2.34. The van der Waals surface area contributed by atoms with Crippen LogP contribution in [0.2, 0.25) is 0 Å². The summed E-state index contributed by atoms with van der Waals surface area (Å²) in [6, 6.07) is 72.3. The first-order valence-corrected chi connectivity index (χ1v) is 20.4. The van der Waals surface area contributed by atoms with Crippen LogP contribution in [0.3, 0.4) is 0 Å². The molecule has 3 nitrogen and oxygen atoms in total. The largest absolute Gasteiger partial charge is 0.456 e. The second-order valence-corrected chi connectivity index (χ2v) is 16.4. The molecule has 1 atom stereocenters. The van der Waals surface area contributed by atoms with Crippen LogP contribution in [0, 0.1) is 0 Å². The van der Waals surface area contributed by atoms with Crippen molar-refractivity contribution in [2.24, 2.45) is 0 Å². The molecular formula is C56H39NO2. The Morgan fingerprint density at radius 2 is 1.07 bits per heavy atom. The van der Waals surface area contributed by atoms with E-state index in [4.69, 9.17) is 9.15 Å². The van der Waals surface area contributed by atoms with Gasteiger partial charge in [-0.25, -0.2) is 0 Å². The number of ether oxygens (including phenoxy) is 1. The van der Waals surface area contributed by atoms with Gasteiger partial charge >= 0.3 is 0 Å². The van der Waals surface area contributed by atoms with Crippen LogP contribution in [-0.2, 0) is 10.8 Å². The van der Waals surface area contributed by atoms with Crippen LogP contribution in [0.5, 0.6) is 11.5 Å². The molecule has 10 aromatic rings. The Kier molecular flexibility index (Phi) is 7.19. The molecule has 1 spiro atoms. The van der Waals surface area contributed by atoms with Crippen molar-refractivity contribution in [2.75, 3.05) is 4.90 Å². The molecule has 1 aromatic heterocycles. The Hall–Kier alpha value is -7.36. The number of hydrogen-bond donors (Lipinski definition) is 0. The fourth-order valence-corrected chi connectivity index (χ4v) is 10.4. The molecule has 0 amide bonds. The van der Waals surface area contributed by atoms with E-state index in [-0.39, 0.29) is 5.41 Å². The van der Waals surface area contributed by atoms with Gasteiger partial charge in [-0.2, -0.15) is 0 Å². The summed E-state index contributed by atoms with van der Waals surface area (Å²) in [5, 5.41) is 4.73. The number of rotatable bonds is 4. The van der Waals surface area contributed by atoms with Crippen LogP contribution in [0.4, 0.5) is 17.1 Å². The Bertz CT molecular complexity index is 3290. The smallest absolute Gasteiger partial charge is 0.156 e. The van der Waals surface area contributed by atoms with Crippen molar-refractivity contribution in [3.63, 3.8) is 0 Å². The molecule has 0 N–H and O–H groups in total. The first kappa shape index (κ1) is 33.7. The summed E-state index contributed by atoms with van der Waals surface area (Å²) in [6.07, 6.45) is 0. The average molecular weight is 758 g/mol. The third-order valence-corrected chi connectivity index (χ3v) is 13.0. The SMILES string of the molecule is CC1(C)c2ccccc2C2(c3ccccc3Oc3c(N(c4ccc(-c5ccccc5)cc4)c4ccc5c(c4)oc4ccccc45)cccc32)c2ccc3ccccc3c21. The summed E-state index contributed by atoms with van der Waals surface area (Å²) in [6.45, 7) is 4.78. The predicted octanol–water partition coefficient (Wildman–Crippen LogP) is 15.0. The van der Waals surface area contributed by atoms with Gasteiger partial charge in [0.1, 0.15) is 16.9 Å². The maximum atomic E-state index is 7.29. The lowest BCUT2D eigenvalue weighted by molar-refractivity contribution is 0.427. The van der Waals surface area contributed by atoms with Gasteiger partial charge in [-0.1, -0.05) is 166 Å². The molecule has 2 heterocycles. The average Bonchev–Trinajstić information content (AvgIpc) is 3.66. The standard InChI is InChI=1S/C56H39NO2/c1-55(2)44-20-9-10-21-45(44)56(47-34-29-38-17-6-7-18-41(38)53(47)55)46-22-11-13-26-51(46)59-54-48(56)23-14-24-49(54)57(39-30-27-37(28-31-39)36-15-4-3-5-16-36)40-32-33-43-42-19-8-12-25-50(42)58-52(43)35-40/h3-35H,1-2H3. The lowest BCUT2D eigenvalue weighted by atomic mass is 9.53. The molecule has 0 saturated carbocycles. The zero-order chi connectivity index (χ0) is 39.3. The van der Waals surface area contributed by atoms with E-state index in [1.807, 2.05) is 12.1 Å². The minimum absolute atomic E-state index is 0.266. The Morgan fingerprint density at radius 3 is 1.92 bits per heavy atom. The molecule has 59 heavy (non-hydrogen) atoms. The number of fused-ring (bicyclic) bond motifs is 13. The van der Waals surface area contributed by atoms with E-state index in [9.17, 15) is 0 Å².